The second kappa shape index (κ2) is 6.65. The Balaban J connectivity index is 1.92. The number of rotatable bonds is 5. The monoisotopic (exact) mass is 266 g/mol. The van der Waals surface area contributed by atoms with E-state index in [1.54, 1.807) is 6.20 Å². The number of aromatic nitrogens is 2. The molecule has 1 aliphatic rings. The van der Waals surface area contributed by atoms with Crippen molar-refractivity contribution >= 4 is 11.8 Å². The van der Waals surface area contributed by atoms with E-state index in [9.17, 15) is 0 Å². The lowest BCUT2D eigenvalue weighted by Gasteiger charge is -2.29. The van der Waals surface area contributed by atoms with Crippen molar-refractivity contribution in [3.63, 3.8) is 0 Å². The van der Waals surface area contributed by atoms with Gasteiger partial charge in [0, 0.05) is 37.4 Å². The number of anilines is 2. The van der Waals surface area contributed by atoms with Gasteiger partial charge in [0.1, 0.15) is 5.82 Å². The van der Waals surface area contributed by atoms with E-state index in [0.717, 1.165) is 44.2 Å². The summed E-state index contributed by atoms with van der Waals surface area (Å²) >= 11 is 0. The fraction of sp³-hybridized carbons (Fsp3) is 0.667. The predicted octanol–water partition coefficient (Wildman–Crippen LogP) is 0.203. The van der Waals surface area contributed by atoms with Crippen molar-refractivity contribution in [1.29, 1.82) is 0 Å². The Labute approximate surface area is 113 Å². The number of aryl methyl sites for hydroxylation is 1. The second-order valence-electron chi connectivity index (χ2n) is 4.83. The lowest BCUT2D eigenvalue weighted by atomic mass is 10.2. The van der Waals surface area contributed by atoms with Gasteiger partial charge in [0.05, 0.1) is 13.2 Å². The van der Waals surface area contributed by atoms with E-state index in [-0.39, 0.29) is 0 Å². The molecule has 2 rings (SSSR count). The molecule has 0 amide bonds. The highest BCUT2D eigenvalue weighted by molar-refractivity contribution is 5.46. The second-order valence-corrected chi connectivity index (χ2v) is 4.83. The first-order chi connectivity index (χ1) is 9.19. The van der Waals surface area contributed by atoms with Gasteiger partial charge >= 0.3 is 0 Å². The molecular weight excluding hydrogens is 244 g/mol. The summed E-state index contributed by atoms with van der Waals surface area (Å²) in [6.07, 6.45) is 1.76. The average Bonchev–Trinajstić information content (AvgIpc) is 2.42. The molecule has 0 bridgehead atoms. The van der Waals surface area contributed by atoms with E-state index in [4.69, 9.17) is 10.6 Å². The molecular formula is C12H22N6O. The van der Waals surface area contributed by atoms with Gasteiger partial charge in [0.15, 0.2) is 0 Å². The van der Waals surface area contributed by atoms with Crippen LogP contribution in [0.3, 0.4) is 0 Å². The van der Waals surface area contributed by atoms with E-state index >= 15 is 0 Å². The third kappa shape index (κ3) is 4.02. The van der Waals surface area contributed by atoms with Crippen molar-refractivity contribution in [3.05, 3.63) is 11.8 Å². The lowest BCUT2D eigenvalue weighted by molar-refractivity contribution is 0.0368. The molecule has 1 saturated heterocycles. The molecule has 0 radical (unpaired) electrons. The molecule has 1 aliphatic heterocycles. The number of nitrogen functional groups attached to an aromatic ring is 1. The summed E-state index contributed by atoms with van der Waals surface area (Å²) in [4.78, 5) is 10.8. The molecule has 0 spiro atoms. The van der Waals surface area contributed by atoms with Gasteiger partial charge in [-0.2, -0.15) is 4.98 Å². The van der Waals surface area contributed by atoms with Crippen LogP contribution < -0.4 is 16.6 Å². The summed E-state index contributed by atoms with van der Waals surface area (Å²) in [7, 11) is 0. The molecule has 106 valence electrons. The minimum atomic E-state index is 0.303. The van der Waals surface area contributed by atoms with Crippen molar-refractivity contribution in [2.75, 3.05) is 43.6 Å². The van der Waals surface area contributed by atoms with Crippen LogP contribution in [-0.4, -0.2) is 53.8 Å². The van der Waals surface area contributed by atoms with Gasteiger partial charge in [-0.1, -0.05) is 0 Å². The highest BCUT2D eigenvalue weighted by Crippen LogP contribution is 2.13. The summed E-state index contributed by atoms with van der Waals surface area (Å²) in [6.45, 7) is 8.71. The van der Waals surface area contributed by atoms with Crippen LogP contribution >= 0.6 is 0 Å². The van der Waals surface area contributed by atoms with Crippen LogP contribution in [0.15, 0.2) is 6.20 Å². The van der Waals surface area contributed by atoms with E-state index in [0.29, 0.717) is 12.0 Å². The zero-order chi connectivity index (χ0) is 13.7. The van der Waals surface area contributed by atoms with Crippen molar-refractivity contribution in [2.24, 2.45) is 5.84 Å². The fourth-order valence-corrected chi connectivity index (χ4v) is 2.11. The van der Waals surface area contributed by atoms with Gasteiger partial charge in [0.2, 0.25) is 5.95 Å². The quantitative estimate of drug-likeness (QED) is 0.518. The molecule has 4 N–H and O–H groups in total. The molecule has 1 fully saturated rings. The third-order valence-electron chi connectivity index (χ3n) is 3.12. The summed E-state index contributed by atoms with van der Waals surface area (Å²) < 4.78 is 5.34. The van der Waals surface area contributed by atoms with Crippen LogP contribution in [0.4, 0.5) is 11.8 Å². The maximum absolute atomic E-state index is 5.34. The van der Waals surface area contributed by atoms with Crippen LogP contribution in [0, 0.1) is 6.92 Å². The topological polar surface area (TPSA) is 88.3 Å². The van der Waals surface area contributed by atoms with E-state index < -0.39 is 0 Å². The summed E-state index contributed by atoms with van der Waals surface area (Å²) in [5.74, 6) is 6.57. The Bertz CT molecular complexity index is 407. The van der Waals surface area contributed by atoms with Crippen LogP contribution in [0.1, 0.15) is 12.5 Å². The number of nitrogens with one attached hydrogen (secondary N) is 2. The molecule has 2 heterocycles. The summed E-state index contributed by atoms with van der Waals surface area (Å²) in [6, 6.07) is 0.303. The van der Waals surface area contributed by atoms with Crippen LogP contribution in [0.5, 0.6) is 0 Å². The molecule has 19 heavy (non-hydrogen) atoms. The van der Waals surface area contributed by atoms with Crippen molar-refractivity contribution in [3.8, 4) is 0 Å². The number of hydrogen-bond donors (Lipinski definition) is 3. The minimum absolute atomic E-state index is 0.303. The number of morpholine rings is 1. The highest BCUT2D eigenvalue weighted by atomic mass is 16.5. The maximum atomic E-state index is 5.34. The molecule has 0 saturated carbocycles. The van der Waals surface area contributed by atoms with Crippen LogP contribution in [0.25, 0.3) is 0 Å². The molecule has 1 unspecified atom stereocenters. The molecule has 1 aromatic rings. The lowest BCUT2D eigenvalue weighted by Crippen LogP contribution is -2.42. The Morgan fingerprint density at radius 3 is 2.89 bits per heavy atom. The first kappa shape index (κ1) is 14.0. The van der Waals surface area contributed by atoms with E-state index in [1.165, 1.54) is 0 Å². The van der Waals surface area contributed by atoms with Gasteiger partial charge in [-0.15, -0.1) is 0 Å². The summed E-state index contributed by atoms with van der Waals surface area (Å²) in [5.41, 5.74) is 3.47. The molecule has 0 aromatic carbocycles. The zero-order valence-electron chi connectivity index (χ0n) is 11.5. The third-order valence-corrected chi connectivity index (χ3v) is 3.12. The Kier molecular flexibility index (Phi) is 4.89. The van der Waals surface area contributed by atoms with E-state index in [2.05, 4.69) is 32.5 Å². The Morgan fingerprint density at radius 2 is 2.21 bits per heavy atom. The Morgan fingerprint density at radius 1 is 1.47 bits per heavy atom. The Hall–Kier alpha value is -1.44. The SMILES string of the molecule is Cc1cnc(NN)nc1NC(C)CN1CCOCC1. The summed E-state index contributed by atoms with van der Waals surface area (Å²) in [5, 5.41) is 3.40. The zero-order valence-corrected chi connectivity index (χ0v) is 11.5. The highest BCUT2D eigenvalue weighted by Gasteiger charge is 2.14. The normalized spacial score (nSPS) is 18.1. The predicted molar refractivity (Wildman–Crippen MR) is 74.9 cm³/mol. The number of hydrogen-bond acceptors (Lipinski definition) is 7. The number of nitrogens with zero attached hydrogens (tertiary/aromatic N) is 3. The van der Waals surface area contributed by atoms with Crippen molar-refractivity contribution in [2.45, 2.75) is 19.9 Å². The molecule has 1 atom stereocenters. The van der Waals surface area contributed by atoms with Gasteiger partial charge in [0.25, 0.3) is 0 Å². The number of hydrazine groups is 1. The van der Waals surface area contributed by atoms with Crippen molar-refractivity contribution < 1.29 is 4.74 Å². The molecule has 0 aliphatic carbocycles. The molecule has 7 heteroatoms. The van der Waals surface area contributed by atoms with Crippen LogP contribution in [-0.2, 0) is 4.74 Å². The van der Waals surface area contributed by atoms with Gasteiger partial charge in [-0.25, -0.2) is 10.8 Å². The molecule has 1 aromatic heterocycles. The first-order valence-corrected chi connectivity index (χ1v) is 6.56. The maximum Gasteiger partial charge on any atom is 0.239 e. The standard InChI is InChI=1S/C12H22N6O/c1-9-7-14-12(17-13)16-11(9)15-10(2)8-18-3-5-19-6-4-18/h7,10H,3-6,8,13H2,1-2H3,(H2,14,15,16,17). The number of nitrogens with two attached hydrogens (primary N) is 1. The smallest absolute Gasteiger partial charge is 0.239 e. The van der Waals surface area contributed by atoms with Crippen LogP contribution in [0.2, 0.25) is 0 Å². The first-order valence-electron chi connectivity index (χ1n) is 6.56. The fourth-order valence-electron chi connectivity index (χ4n) is 2.11. The minimum Gasteiger partial charge on any atom is -0.379 e. The van der Waals surface area contributed by atoms with Gasteiger partial charge in [-0.05, 0) is 13.8 Å². The number of ether oxygens (including phenoxy) is 1. The van der Waals surface area contributed by atoms with E-state index in [1.807, 2.05) is 6.92 Å². The van der Waals surface area contributed by atoms with Crippen molar-refractivity contribution in [1.82, 2.24) is 14.9 Å². The average molecular weight is 266 g/mol. The molecule has 7 nitrogen and oxygen atoms in total. The largest absolute Gasteiger partial charge is 0.379 e. The van der Waals surface area contributed by atoms with Gasteiger partial charge < -0.3 is 10.1 Å². The van der Waals surface area contributed by atoms with Gasteiger partial charge in [-0.3, -0.25) is 10.3 Å².